The quantitative estimate of drug-likeness (QED) is 0.620. The molecule has 156 valence electrons. The summed E-state index contributed by atoms with van der Waals surface area (Å²) < 4.78 is 16.3. The van der Waals surface area contributed by atoms with E-state index in [9.17, 15) is 4.79 Å². The van der Waals surface area contributed by atoms with Gasteiger partial charge in [0.2, 0.25) is 5.88 Å². The number of methoxy groups -OCH3 is 2. The molecule has 1 aromatic carbocycles. The molecular weight excluding hydrogens is 382 g/mol. The van der Waals surface area contributed by atoms with Crippen molar-refractivity contribution in [3.8, 4) is 11.6 Å². The zero-order valence-electron chi connectivity index (χ0n) is 17.2. The van der Waals surface area contributed by atoms with E-state index < -0.39 is 0 Å². The van der Waals surface area contributed by atoms with Crippen LogP contribution in [0.5, 0.6) is 11.6 Å². The Morgan fingerprint density at radius 3 is 2.63 bits per heavy atom. The molecule has 4 rings (SSSR count). The third-order valence-electron chi connectivity index (χ3n) is 5.36. The maximum atomic E-state index is 12.9. The Bertz CT molecular complexity index is 982. The van der Waals surface area contributed by atoms with E-state index in [2.05, 4.69) is 9.97 Å². The number of likely N-dealkylation sites (tertiary alicyclic amines) is 1. The molecule has 1 amide bonds. The first kappa shape index (κ1) is 19.9. The van der Waals surface area contributed by atoms with Gasteiger partial charge in [0.25, 0.3) is 5.91 Å². The first-order valence-electron chi connectivity index (χ1n) is 10.0. The molecule has 30 heavy (non-hydrogen) atoms. The lowest BCUT2D eigenvalue weighted by atomic mass is 9.97. The molecule has 0 unspecified atom stereocenters. The fourth-order valence-corrected chi connectivity index (χ4v) is 3.71. The Labute approximate surface area is 175 Å². The second-order valence-electron chi connectivity index (χ2n) is 7.37. The topological polar surface area (TPSA) is 77.7 Å². The predicted octanol–water partition coefficient (Wildman–Crippen LogP) is 3.70. The lowest BCUT2D eigenvalue weighted by molar-refractivity contribution is 0.0697. The molecule has 2 aromatic heterocycles. The fraction of sp³-hybridized carbons (Fsp3) is 0.348. The van der Waals surface area contributed by atoms with Crippen molar-refractivity contribution in [2.45, 2.75) is 25.2 Å². The van der Waals surface area contributed by atoms with Crippen LogP contribution in [0.25, 0.3) is 0 Å². The number of benzene rings is 1. The summed E-state index contributed by atoms with van der Waals surface area (Å²) in [6, 6.07) is 11.4. The van der Waals surface area contributed by atoms with Gasteiger partial charge in [0.15, 0.2) is 5.89 Å². The number of hydrogen-bond acceptors (Lipinski definition) is 6. The van der Waals surface area contributed by atoms with E-state index in [0.717, 1.165) is 36.5 Å². The SMILES string of the molecule is COc1ccc(Cc2cnc([C@@H]3CCCN(C(=O)c4ccc(OC)nc4)C3)o2)cc1. The Kier molecular flexibility index (Phi) is 5.97. The molecule has 0 radical (unpaired) electrons. The Morgan fingerprint density at radius 1 is 1.10 bits per heavy atom. The van der Waals surface area contributed by atoms with Crippen LogP contribution in [0.15, 0.2) is 53.2 Å². The minimum atomic E-state index is -0.0279. The van der Waals surface area contributed by atoms with E-state index in [4.69, 9.17) is 13.9 Å². The van der Waals surface area contributed by atoms with Crippen molar-refractivity contribution in [1.29, 1.82) is 0 Å². The van der Waals surface area contributed by atoms with Gasteiger partial charge in [-0.25, -0.2) is 9.97 Å². The zero-order valence-corrected chi connectivity index (χ0v) is 17.2. The predicted molar refractivity (Wildman–Crippen MR) is 111 cm³/mol. The van der Waals surface area contributed by atoms with Crippen molar-refractivity contribution in [3.05, 3.63) is 71.6 Å². The van der Waals surface area contributed by atoms with Crippen molar-refractivity contribution >= 4 is 5.91 Å². The van der Waals surface area contributed by atoms with Crippen LogP contribution in [-0.2, 0) is 6.42 Å². The summed E-state index contributed by atoms with van der Waals surface area (Å²) >= 11 is 0. The van der Waals surface area contributed by atoms with Crippen molar-refractivity contribution in [1.82, 2.24) is 14.9 Å². The van der Waals surface area contributed by atoms with Gasteiger partial charge in [-0.05, 0) is 36.6 Å². The first-order valence-corrected chi connectivity index (χ1v) is 10.0. The summed E-state index contributed by atoms with van der Waals surface area (Å²) in [5.74, 6) is 2.91. The zero-order chi connectivity index (χ0) is 20.9. The molecular formula is C23H25N3O4. The molecule has 0 bridgehead atoms. The number of hydrogen-bond donors (Lipinski definition) is 0. The number of carbonyl (C=O) groups is 1. The van der Waals surface area contributed by atoms with Gasteiger partial charge in [0.1, 0.15) is 11.5 Å². The van der Waals surface area contributed by atoms with Crippen LogP contribution >= 0.6 is 0 Å². The van der Waals surface area contributed by atoms with E-state index in [1.165, 1.54) is 0 Å². The molecule has 3 aromatic rings. The Morgan fingerprint density at radius 2 is 1.93 bits per heavy atom. The van der Waals surface area contributed by atoms with Gasteiger partial charge < -0.3 is 18.8 Å². The van der Waals surface area contributed by atoms with Gasteiger partial charge in [-0.1, -0.05) is 12.1 Å². The smallest absolute Gasteiger partial charge is 0.255 e. The lowest BCUT2D eigenvalue weighted by Crippen LogP contribution is -2.39. The normalized spacial score (nSPS) is 16.3. The highest BCUT2D eigenvalue weighted by Crippen LogP contribution is 2.28. The van der Waals surface area contributed by atoms with Crippen LogP contribution in [0.1, 0.15) is 46.3 Å². The van der Waals surface area contributed by atoms with Crippen LogP contribution in [0, 0.1) is 0 Å². The number of aromatic nitrogens is 2. The van der Waals surface area contributed by atoms with E-state index in [0.29, 0.717) is 30.3 Å². The third-order valence-corrected chi connectivity index (χ3v) is 5.36. The van der Waals surface area contributed by atoms with Crippen LogP contribution in [0.4, 0.5) is 0 Å². The molecule has 1 atom stereocenters. The average molecular weight is 407 g/mol. The number of nitrogens with zero attached hydrogens (tertiary/aromatic N) is 3. The van der Waals surface area contributed by atoms with Gasteiger partial charge in [-0.2, -0.15) is 0 Å². The fourth-order valence-electron chi connectivity index (χ4n) is 3.71. The van der Waals surface area contributed by atoms with Crippen molar-refractivity contribution < 1.29 is 18.7 Å². The molecule has 0 N–H and O–H groups in total. The van der Waals surface area contributed by atoms with Gasteiger partial charge >= 0.3 is 0 Å². The summed E-state index contributed by atoms with van der Waals surface area (Å²) in [6.45, 7) is 1.31. The van der Waals surface area contributed by atoms with E-state index in [1.807, 2.05) is 29.2 Å². The van der Waals surface area contributed by atoms with Crippen molar-refractivity contribution in [2.24, 2.45) is 0 Å². The molecule has 0 saturated carbocycles. The minimum Gasteiger partial charge on any atom is -0.497 e. The molecule has 3 heterocycles. The minimum absolute atomic E-state index is 0.0279. The molecule has 7 nitrogen and oxygen atoms in total. The Balaban J connectivity index is 1.41. The van der Waals surface area contributed by atoms with Crippen LogP contribution in [0.3, 0.4) is 0 Å². The van der Waals surface area contributed by atoms with Crippen LogP contribution < -0.4 is 9.47 Å². The number of ether oxygens (including phenoxy) is 2. The largest absolute Gasteiger partial charge is 0.497 e. The molecule has 0 aliphatic carbocycles. The van der Waals surface area contributed by atoms with Gasteiger partial charge in [-0.3, -0.25) is 4.79 Å². The van der Waals surface area contributed by atoms with Crippen molar-refractivity contribution in [2.75, 3.05) is 27.3 Å². The maximum Gasteiger partial charge on any atom is 0.255 e. The summed E-state index contributed by atoms with van der Waals surface area (Å²) in [4.78, 5) is 23.3. The van der Waals surface area contributed by atoms with Gasteiger partial charge in [0, 0.05) is 31.8 Å². The van der Waals surface area contributed by atoms with Gasteiger partial charge in [-0.15, -0.1) is 0 Å². The maximum absolute atomic E-state index is 12.9. The second-order valence-corrected chi connectivity index (χ2v) is 7.37. The number of oxazole rings is 1. The number of piperidine rings is 1. The second kappa shape index (κ2) is 8.98. The molecule has 0 spiro atoms. The molecule has 1 saturated heterocycles. The molecule has 7 heteroatoms. The summed E-state index contributed by atoms with van der Waals surface area (Å²) in [5.41, 5.74) is 1.69. The lowest BCUT2D eigenvalue weighted by Gasteiger charge is -2.31. The monoisotopic (exact) mass is 407 g/mol. The average Bonchev–Trinajstić information content (AvgIpc) is 3.28. The summed E-state index contributed by atoms with van der Waals surface area (Å²) in [5, 5.41) is 0. The van der Waals surface area contributed by atoms with Crippen molar-refractivity contribution in [3.63, 3.8) is 0 Å². The van der Waals surface area contributed by atoms with Crippen LogP contribution in [-0.4, -0.2) is 48.1 Å². The Hall–Kier alpha value is -3.35. The highest BCUT2D eigenvalue weighted by molar-refractivity contribution is 5.94. The van der Waals surface area contributed by atoms with Crippen LogP contribution in [0.2, 0.25) is 0 Å². The summed E-state index contributed by atoms with van der Waals surface area (Å²) in [6.07, 6.45) is 5.88. The summed E-state index contributed by atoms with van der Waals surface area (Å²) in [7, 11) is 3.21. The van der Waals surface area contributed by atoms with E-state index in [-0.39, 0.29) is 11.8 Å². The number of carbonyl (C=O) groups excluding carboxylic acids is 1. The third kappa shape index (κ3) is 4.45. The van der Waals surface area contributed by atoms with E-state index in [1.54, 1.807) is 38.7 Å². The van der Waals surface area contributed by atoms with E-state index >= 15 is 0 Å². The molecule has 1 fully saturated rings. The first-order chi connectivity index (χ1) is 14.7. The number of rotatable bonds is 6. The number of pyridine rings is 1. The molecule has 1 aliphatic rings. The number of amides is 1. The highest BCUT2D eigenvalue weighted by Gasteiger charge is 2.28. The standard InChI is InChI=1S/C23H25N3O4/c1-28-19-8-5-16(6-9-19)12-20-14-25-22(30-20)18-4-3-11-26(15-18)23(27)17-7-10-21(29-2)24-13-17/h5-10,13-14,18H,3-4,11-12,15H2,1-2H3/t18-/m1/s1. The molecule has 1 aliphatic heterocycles. The highest BCUT2D eigenvalue weighted by atomic mass is 16.5. The van der Waals surface area contributed by atoms with Gasteiger partial charge in [0.05, 0.1) is 31.9 Å².